The van der Waals surface area contributed by atoms with E-state index in [9.17, 15) is 18.0 Å². The molecule has 3 nitrogen and oxygen atoms in total. The molecule has 0 fully saturated rings. The summed E-state index contributed by atoms with van der Waals surface area (Å²) < 4.78 is 37.6. The number of nitrogen functional groups attached to an aromatic ring is 1. The number of hydrogen-bond acceptors (Lipinski definition) is 2. The Labute approximate surface area is 100 Å². The summed E-state index contributed by atoms with van der Waals surface area (Å²) in [5.41, 5.74) is 4.96. The van der Waals surface area contributed by atoms with Crippen molar-refractivity contribution in [1.29, 1.82) is 0 Å². The number of hydrogen-bond donors (Lipinski definition) is 2. The van der Waals surface area contributed by atoms with Crippen LogP contribution in [0.5, 0.6) is 0 Å². The summed E-state index contributed by atoms with van der Waals surface area (Å²) in [6.07, 6.45) is -4.42. The maximum Gasteiger partial charge on any atom is 0.416 e. The second-order valence-electron chi connectivity index (χ2n) is 3.77. The molecule has 0 aliphatic carbocycles. The van der Waals surface area contributed by atoms with E-state index in [0.29, 0.717) is 0 Å². The number of anilines is 1. The van der Waals surface area contributed by atoms with Crippen LogP contribution in [0.2, 0.25) is 0 Å². The molecule has 0 spiro atoms. The van der Waals surface area contributed by atoms with E-state index >= 15 is 0 Å². The van der Waals surface area contributed by atoms with E-state index in [1.165, 1.54) is 18.2 Å². The van der Waals surface area contributed by atoms with Crippen molar-refractivity contribution in [1.82, 2.24) is 4.98 Å². The van der Waals surface area contributed by atoms with Gasteiger partial charge < -0.3 is 10.7 Å². The number of aromatic nitrogens is 1. The van der Waals surface area contributed by atoms with E-state index in [4.69, 9.17) is 5.73 Å². The SMILES string of the molecule is Nc1cc(-c2cccc(C(F)(F)F)c2)[nH]c(=O)c1. The van der Waals surface area contributed by atoms with Gasteiger partial charge in [0, 0.05) is 11.8 Å². The Bertz CT molecular complexity index is 632. The predicted octanol–water partition coefficient (Wildman–Crippen LogP) is 2.64. The summed E-state index contributed by atoms with van der Waals surface area (Å²) in [5.74, 6) is 0. The molecule has 0 aliphatic heterocycles. The molecule has 1 aromatic heterocycles. The van der Waals surface area contributed by atoms with Crippen LogP contribution in [0.4, 0.5) is 18.9 Å². The minimum Gasteiger partial charge on any atom is -0.399 e. The molecule has 0 unspecified atom stereocenters. The molecule has 0 atom stereocenters. The number of pyridine rings is 1. The molecule has 94 valence electrons. The largest absolute Gasteiger partial charge is 0.416 e. The van der Waals surface area contributed by atoms with Gasteiger partial charge in [-0.05, 0) is 23.8 Å². The topological polar surface area (TPSA) is 58.9 Å². The fourth-order valence-corrected chi connectivity index (χ4v) is 1.58. The lowest BCUT2D eigenvalue weighted by Crippen LogP contribution is -2.08. The summed E-state index contributed by atoms with van der Waals surface area (Å²) >= 11 is 0. The third kappa shape index (κ3) is 2.53. The molecule has 2 aromatic rings. The van der Waals surface area contributed by atoms with Gasteiger partial charge in [0.05, 0.1) is 11.3 Å². The first-order valence-electron chi connectivity index (χ1n) is 5.04. The van der Waals surface area contributed by atoms with Crippen molar-refractivity contribution < 1.29 is 13.2 Å². The summed E-state index contributed by atoms with van der Waals surface area (Å²) in [4.78, 5) is 13.6. The average Bonchev–Trinajstić information content (AvgIpc) is 2.27. The summed E-state index contributed by atoms with van der Waals surface area (Å²) in [7, 11) is 0. The highest BCUT2D eigenvalue weighted by molar-refractivity contribution is 5.63. The first kappa shape index (κ1) is 12.2. The molecule has 1 aromatic carbocycles. The molecule has 1 heterocycles. The van der Waals surface area contributed by atoms with Crippen LogP contribution in [0.25, 0.3) is 11.3 Å². The number of benzene rings is 1. The van der Waals surface area contributed by atoms with Crippen LogP contribution in [-0.2, 0) is 6.18 Å². The minimum atomic E-state index is -4.42. The first-order chi connectivity index (χ1) is 8.36. The molecular weight excluding hydrogens is 245 g/mol. The molecule has 3 N–H and O–H groups in total. The third-order valence-corrected chi connectivity index (χ3v) is 2.37. The summed E-state index contributed by atoms with van der Waals surface area (Å²) in [6, 6.07) is 7.26. The number of alkyl halides is 3. The Morgan fingerprint density at radius 2 is 1.83 bits per heavy atom. The fourth-order valence-electron chi connectivity index (χ4n) is 1.58. The van der Waals surface area contributed by atoms with Crippen LogP contribution in [0.1, 0.15) is 5.56 Å². The van der Waals surface area contributed by atoms with Crippen LogP contribution < -0.4 is 11.3 Å². The zero-order valence-corrected chi connectivity index (χ0v) is 9.08. The maximum absolute atomic E-state index is 12.5. The molecule has 0 saturated heterocycles. The number of H-pyrrole nitrogens is 1. The molecule has 6 heteroatoms. The molecule has 2 rings (SSSR count). The molecular formula is C12H9F3N2O. The van der Waals surface area contributed by atoms with Gasteiger partial charge in [0.1, 0.15) is 0 Å². The van der Waals surface area contributed by atoms with Gasteiger partial charge in [0.15, 0.2) is 0 Å². The van der Waals surface area contributed by atoms with Gasteiger partial charge in [-0.1, -0.05) is 12.1 Å². The van der Waals surface area contributed by atoms with E-state index in [1.807, 2.05) is 0 Å². The third-order valence-electron chi connectivity index (χ3n) is 2.37. The van der Waals surface area contributed by atoms with Gasteiger partial charge in [0.2, 0.25) is 5.56 Å². The highest BCUT2D eigenvalue weighted by atomic mass is 19.4. The number of halogens is 3. The Morgan fingerprint density at radius 1 is 1.11 bits per heavy atom. The lowest BCUT2D eigenvalue weighted by atomic mass is 10.1. The van der Waals surface area contributed by atoms with Crippen LogP contribution in [0.15, 0.2) is 41.2 Å². The summed E-state index contributed by atoms with van der Waals surface area (Å²) in [6.45, 7) is 0. The second-order valence-corrected chi connectivity index (χ2v) is 3.77. The number of nitrogens with two attached hydrogens (primary N) is 1. The van der Waals surface area contributed by atoms with Crippen molar-refractivity contribution in [3.8, 4) is 11.3 Å². The lowest BCUT2D eigenvalue weighted by molar-refractivity contribution is -0.137. The van der Waals surface area contributed by atoms with E-state index < -0.39 is 17.3 Å². The summed E-state index contributed by atoms with van der Waals surface area (Å²) in [5, 5.41) is 0. The van der Waals surface area contributed by atoms with Crippen LogP contribution in [0.3, 0.4) is 0 Å². The van der Waals surface area contributed by atoms with Gasteiger partial charge in [-0.25, -0.2) is 0 Å². The van der Waals surface area contributed by atoms with Crippen molar-refractivity contribution in [2.24, 2.45) is 0 Å². The Balaban J connectivity index is 2.54. The second kappa shape index (κ2) is 4.21. The van der Waals surface area contributed by atoms with Gasteiger partial charge >= 0.3 is 6.18 Å². The van der Waals surface area contributed by atoms with E-state index in [2.05, 4.69) is 4.98 Å². The fraction of sp³-hybridized carbons (Fsp3) is 0.0833. The zero-order valence-electron chi connectivity index (χ0n) is 9.08. The molecule has 0 radical (unpaired) electrons. The normalized spacial score (nSPS) is 11.5. The standard InChI is InChI=1S/C12H9F3N2O/c13-12(14,15)8-3-1-2-7(4-8)10-5-9(16)6-11(18)17-10/h1-6H,(H3,16,17,18). The van der Waals surface area contributed by atoms with E-state index in [1.54, 1.807) is 0 Å². The average molecular weight is 254 g/mol. The Morgan fingerprint density at radius 3 is 2.44 bits per heavy atom. The van der Waals surface area contributed by atoms with Gasteiger partial charge in [-0.2, -0.15) is 13.2 Å². The van der Waals surface area contributed by atoms with E-state index in [0.717, 1.165) is 18.2 Å². The monoisotopic (exact) mass is 254 g/mol. The lowest BCUT2D eigenvalue weighted by Gasteiger charge is -2.09. The van der Waals surface area contributed by atoms with Crippen molar-refractivity contribution >= 4 is 5.69 Å². The van der Waals surface area contributed by atoms with E-state index in [-0.39, 0.29) is 16.9 Å². The molecule has 0 aliphatic rings. The molecule has 18 heavy (non-hydrogen) atoms. The van der Waals surface area contributed by atoms with Crippen molar-refractivity contribution in [3.63, 3.8) is 0 Å². The van der Waals surface area contributed by atoms with Gasteiger partial charge in [-0.15, -0.1) is 0 Å². The van der Waals surface area contributed by atoms with Crippen LogP contribution in [0, 0.1) is 0 Å². The first-order valence-corrected chi connectivity index (χ1v) is 5.04. The number of aromatic amines is 1. The van der Waals surface area contributed by atoms with Crippen molar-refractivity contribution in [2.75, 3.05) is 5.73 Å². The Kier molecular flexibility index (Phi) is 2.86. The zero-order chi connectivity index (χ0) is 13.3. The quantitative estimate of drug-likeness (QED) is 0.821. The maximum atomic E-state index is 12.5. The Hall–Kier alpha value is -2.24. The van der Waals surface area contributed by atoms with Gasteiger partial charge in [-0.3, -0.25) is 4.79 Å². The highest BCUT2D eigenvalue weighted by Crippen LogP contribution is 2.31. The van der Waals surface area contributed by atoms with Gasteiger partial charge in [0.25, 0.3) is 0 Å². The number of nitrogens with one attached hydrogen (secondary N) is 1. The van der Waals surface area contributed by atoms with Crippen molar-refractivity contribution in [3.05, 3.63) is 52.3 Å². The molecule has 0 amide bonds. The highest BCUT2D eigenvalue weighted by Gasteiger charge is 2.30. The van der Waals surface area contributed by atoms with Crippen molar-refractivity contribution in [2.45, 2.75) is 6.18 Å². The molecule has 0 bridgehead atoms. The predicted molar refractivity (Wildman–Crippen MR) is 61.9 cm³/mol. The number of rotatable bonds is 1. The molecule has 0 saturated carbocycles. The smallest absolute Gasteiger partial charge is 0.399 e. The minimum absolute atomic E-state index is 0.200. The van der Waals surface area contributed by atoms with Crippen LogP contribution >= 0.6 is 0 Å². The van der Waals surface area contributed by atoms with Crippen LogP contribution in [-0.4, -0.2) is 4.98 Å².